The summed E-state index contributed by atoms with van der Waals surface area (Å²) in [5.74, 6) is 0.464. The number of halogens is 1. The molecule has 172 valence electrons. The molecule has 9 heteroatoms. The van der Waals surface area contributed by atoms with E-state index in [1.165, 1.54) is 0 Å². The molecule has 0 unspecified atom stereocenters. The summed E-state index contributed by atoms with van der Waals surface area (Å²) in [6.45, 7) is 5.99. The molecule has 2 heterocycles. The van der Waals surface area contributed by atoms with Crippen LogP contribution in [-0.4, -0.2) is 36.9 Å². The Bertz CT molecular complexity index is 1250. The van der Waals surface area contributed by atoms with Crippen molar-refractivity contribution in [2.45, 2.75) is 39.0 Å². The number of hydrogen-bond donors (Lipinski definition) is 0. The van der Waals surface area contributed by atoms with Crippen molar-refractivity contribution in [3.8, 4) is 5.75 Å². The largest absolute Gasteiger partial charge is 1.00 e. The molecule has 0 spiro atoms. The van der Waals surface area contributed by atoms with Crippen LogP contribution in [0, 0.1) is 0 Å². The summed E-state index contributed by atoms with van der Waals surface area (Å²) in [6, 6.07) is 12.5. The van der Waals surface area contributed by atoms with Crippen LogP contribution < -0.4 is 83.7 Å². The van der Waals surface area contributed by atoms with Gasteiger partial charge in [-0.2, -0.15) is 4.58 Å². The van der Waals surface area contributed by atoms with Gasteiger partial charge in [0.1, 0.15) is 41.6 Å². The molecular formula is C25H24ClKN2O5. The van der Waals surface area contributed by atoms with E-state index in [-0.39, 0.29) is 63.8 Å². The quantitative estimate of drug-likeness (QED) is 0.231. The van der Waals surface area contributed by atoms with Crippen molar-refractivity contribution in [2.75, 3.05) is 6.54 Å². The fraction of sp³-hybridized carbons (Fsp3) is 0.280. The third-order valence-corrected chi connectivity index (χ3v) is 5.11. The number of benzene rings is 2. The molecule has 2 aliphatic heterocycles. The van der Waals surface area contributed by atoms with Crippen molar-refractivity contribution in [1.82, 2.24) is 4.58 Å². The van der Waals surface area contributed by atoms with Gasteiger partial charge in [-0.15, -0.1) is 0 Å². The first-order valence-corrected chi connectivity index (χ1v) is 10.3. The number of hydrogen-bond acceptors (Lipinski definition) is 5. The summed E-state index contributed by atoms with van der Waals surface area (Å²) < 4.78 is 13.2. The second-order valence-corrected chi connectivity index (χ2v) is 8.68. The molecule has 1 amide bonds. The zero-order valence-corrected chi connectivity index (χ0v) is 23.5. The van der Waals surface area contributed by atoms with Crippen LogP contribution >= 0.6 is 0 Å². The zero-order chi connectivity index (χ0) is 22.9. The number of carbonyl (C=O) groups is 3. The van der Waals surface area contributed by atoms with Crippen LogP contribution in [0.2, 0.25) is 0 Å². The van der Waals surface area contributed by atoms with Crippen LogP contribution in [0.3, 0.4) is 0 Å². The van der Waals surface area contributed by atoms with Crippen LogP contribution in [0.15, 0.2) is 54.2 Å². The van der Waals surface area contributed by atoms with E-state index < -0.39 is 17.7 Å². The molecule has 2 aromatic rings. The number of rotatable bonds is 6. The predicted molar refractivity (Wildman–Crippen MR) is 119 cm³/mol. The molecule has 0 N–H and O–H groups in total. The van der Waals surface area contributed by atoms with Gasteiger partial charge in [-0.3, -0.25) is 14.4 Å². The van der Waals surface area contributed by atoms with Gasteiger partial charge in [0, 0.05) is 11.6 Å². The number of allylic oxidation sites excluding steroid dienone is 1. The van der Waals surface area contributed by atoms with E-state index in [1.54, 1.807) is 39.0 Å². The summed E-state index contributed by atoms with van der Waals surface area (Å²) in [6.07, 6.45) is 2.64. The minimum Gasteiger partial charge on any atom is -1.00 e. The van der Waals surface area contributed by atoms with Crippen molar-refractivity contribution in [1.29, 1.82) is 0 Å². The van der Waals surface area contributed by atoms with Crippen molar-refractivity contribution in [2.24, 2.45) is 0 Å². The van der Waals surface area contributed by atoms with Gasteiger partial charge in [0.15, 0.2) is 6.29 Å². The molecule has 0 bridgehead atoms. The summed E-state index contributed by atoms with van der Waals surface area (Å²) in [7, 11) is 0. The molecule has 1 atom stereocenters. The first kappa shape index (κ1) is 28.4. The van der Waals surface area contributed by atoms with E-state index in [0.29, 0.717) is 46.3 Å². The second kappa shape index (κ2) is 11.7. The van der Waals surface area contributed by atoms with Crippen molar-refractivity contribution in [3.05, 3.63) is 81.3 Å². The van der Waals surface area contributed by atoms with Crippen LogP contribution in [0.4, 0.5) is 4.79 Å². The second-order valence-electron chi connectivity index (χ2n) is 8.68. The summed E-state index contributed by atoms with van der Waals surface area (Å²) >= 11 is 0. The minimum atomic E-state index is -0.651. The Morgan fingerprint density at radius 2 is 1.85 bits per heavy atom. The van der Waals surface area contributed by atoms with E-state index in [2.05, 4.69) is 5.32 Å². The van der Waals surface area contributed by atoms with Gasteiger partial charge in [-0.1, -0.05) is 30.3 Å². The standard InChI is InChI=1S/C25H24N2O5.ClH.K/c1-25(2,3)32-24(30)26-18-11-20-19(14-29)23-21(27(20)12-18)9-17(13-28)10-22(23)31-15-16-7-5-4-6-8-16;;/h4-11,13-14,18H,12,15H2,1-3H3;1H;/q;;+1/p-1/t18-;;/m1../s1. The topological polar surface area (TPSA) is 86.8 Å². The van der Waals surface area contributed by atoms with E-state index >= 15 is 0 Å². The van der Waals surface area contributed by atoms with E-state index in [1.807, 2.05) is 34.9 Å². The Kier molecular flexibility index (Phi) is 9.82. The number of aldehydes is 2. The Morgan fingerprint density at radius 3 is 2.47 bits per heavy atom. The summed E-state index contributed by atoms with van der Waals surface area (Å²) in [4.78, 5) is 35.8. The number of fused-ring (bicyclic) bond motifs is 2. The molecule has 0 aliphatic carbocycles. The summed E-state index contributed by atoms with van der Waals surface area (Å²) in [5.41, 5.74) is 1.87. The van der Waals surface area contributed by atoms with E-state index in [4.69, 9.17) is 9.47 Å². The van der Waals surface area contributed by atoms with E-state index in [9.17, 15) is 14.4 Å². The third kappa shape index (κ3) is 6.24. The molecule has 0 radical (unpaired) electrons. The fourth-order valence-corrected chi connectivity index (χ4v) is 3.85. The van der Waals surface area contributed by atoms with Crippen LogP contribution in [0.25, 0.3) is 10.9 Å². The molecule has 34 heavy (non-hydrogen) atoms. The maximum atomic E-state index is 12.1. The summed E-state index contributed by atoms with van der Waals surface area (Å²) in [5, 5.41) is 5.45. The third-order valence-electron chi connectivity index (χ3n) is 5.11. The number of nitrogens with zero attached hydrogens (tertiary/aromatic N) is 2. The van der Waals surface area contributed by atoms with Gasteiger partial charge in [-0.05, 0) is 44.5 Å². The molecule has 2 aromatic carbocycles. The van der Waals surface area contributed by atoms with Crippen molar-refractivity contribution >= 4 is 24.2 Å². The van der Waals surface area contributed by atoms with Crippen molar-refractivity contribution < 1.29 is 87.6 Å². The minimum absolute atomic E-state index is 0. The van der Waals surface area contributed by atoms with Gasteiger partial charge in [0.2, 0.25) is 17.1 Å². The predicted octanol–water partition coefficient (Wildman–Crippen LogP) is -3.48. The number of amides is 1. The normalized spacial score (nSPS) is 15.7. The molecule has 0 aromatic heterocycles. The van der Waals surface area contributed by atoms with Crippen molar-refractivity contribution in [3.63, 3.8) is 0 Å². The molecule has 0 saturated heterocycles. The van der Waals surface area contributed by atoms with Gasteiger partial charge < -0.3 is 27.2 Å². The Morgan fingerprint density at radius 1 is 1.15 bits per heavy atom. The SMILES string of the molecule is CC(C)(C)OC(=O)[N-][C@@H]1C=C2C(C=O)=c3c(OCc4ccccc4)cc(C=O)cc3=[N+]2C1.[Cl-].[K+]. The van der Waals surface area contributed by atoms with Gasteiger partial charge >= 0.3 is 51.4 Å². The first-order chi connectivity index (χ1) is 15.3. The fourth-order valence-electron chi connectivity index (χ4n) is 3.85. The van der Waals surface area contributed by atoms with Crippen LogP contribution in [0.1, 0.15) is 36.7 Å². The molecule has 0 fully saturated rings. The van der Waals surface area contributed by atoms with Gasteiger partial charge in [0.05, 0.1) is 0 Å². The monoisotopic (exact) mass is 506 g/mol. The maximum Gasteiger partial charge on any atom is 1.00 e. The average molecular weight is 507 g/mol. The maximum absolute atomic E-state index is 12.1. The molecular weight excluding hydrogens is 483 g/mol. The van der Waals surface area contributed by atoms with Crippen LogP contribution in [0.5, 0.6) is 5.75 Å². The van der Waals surface area contributed by atoms with E-state index in [0.717, 1.165) is 18.1 Å². The smallest absolute Gasteiger partial charge is 1.00 e. The van der Waals surface area contributed by atoms with Crippen LogP contribution in [-0.2, 0) is 16.1 Å². The molecule has 7 nitrogen and oxygen atoms in total. The molecule has 4 rings (SSSR count). The average Bonchev–Trinajstić information content (AvgIpc) is 3.27. The Hall–Kier alpha value is -1.81. The Labute approximate surface area is 246 Å². The zero-order valence-electron chi connectivity index (χ0n) is 19.6. The molecule has 0 saturated carbocycles. The Balaban J connectivity index is 0.00000204. The van der Waals surface area contributed by atoms with Gasteiger partial charge in [0.25, 0.3) is 0 Å². The van der Waals surface area contributed by atoms with Gasteiger partial charge in [-0.25, -0.2) is 0 Å². The number of carbonyl (C=O) groups excluding carboxylic acids is 3. The first-order valence-electron chi connectivity index (χ1n) is 10.3. The number of ether oxygens (including phenoxy) is 2. The molecule has 2 aliphatic rings.